The smallest absolute Gasteiger partial charge is 0.310 e. The van der Waals surface area contributed by atoms with Crippen LogP contribution in [0.25, 0.3) is 0 Å². The predicted molar refractivity (Wildman–Crippen MR) is 101 cm³/mol. The molecule has 2 bridgehead atoms. The quantitative estimate of drug-likeness (QED) is 0.803. The molecular weight excluding hydrogens is 358 g/mol. The maximum Gasteiger partial charge on any atom is 0.310 e. The Morgan fingerprint density at radius 1 is 1.07 bits per heavy atom. The SMILES string of the molecule is COc1ccccc1Oc1ccc(NC(=O)[C@@H]2[C@H]3C[C@@H]4[C@@H]2C(=O)O[C@@H]4C3)cc1. The van der Waals surface area contributed by atoms with Gasteiger partial charge in [0.15, 0.2) is 11.5 Å². The lowest BCUT2D eigenvalue weighted by Crippen LogP contribution is -2.35. The number of para-hydroxylation sites is 2. The van der Waals surface area contributed by atoms with E-state index in [9.17, 15) is 9.59 Å². The maximum atomic E-state index is 12.8. The molecule has 1 N–H and O–H groups in total. The average molecular weight is 379 g/mol. The van der Waals surface area contributed by atoms with Gasteiger partial charge in [0.25, 0.3) is 0 Å². The number of methoxy groups -OCH3 is 1. The number of ether oxygens (including phenoxy) is 3. The van der Waals surface area contributed by atoms with Gasteiger partial charge in [0, 0.05) is 11.6 Å². The minimum Gasteiger partial charge on any atom is -0.493 e. The number of benzene rings is 2. The molecule has 3 aliphatic rings. The van der Waals surface area contributed by atoms with Gasteiger partial charge in [0.1, 0.15) is 11.9 Å². The molecule has 0 aromatic heterocycles. The molecule has 2 aromatic carbocycles. The van der Waals surface area contributed by atoms with Crippen molar-refractivity contribution in [1.29, 1.82) is 0 Å². The first-order valence-corrected chi connectivity index (χ1v) is 9.56. The van der Waals surface area contributed by atoms with Gasteiger partial charge in [-0.25, -0.2) is 0 Å². The van der Waals surface area contributed by atoms with Crippen molar-refractivity contribution in [2.45, 2.75) is 18.9 Å². The van der Waals surface area contributed by atoms with E-state index in [2.05, 4.69) is 5.32 Å². The summed E-state index contributed by atoms with van der Waals surface area (Å²) in [6.45, 7) is 0. The Balaban J connectivity index is 1.27. The van der Waals surface area contributed by atoms with Crippen LogP contribution in [0.3, 0.4) is 0 Å². The van der Waals surface area contributed by atoms with Crippen LogP contribution in [0.2, 0.25) is 0 Å². The monoisotopic (exact) mass is 379 g/mol. The largest absolute Gasteiger partial charge is 0.493 e. The van der Waals surface area contributed by atoms with E-state index >= 15 is 0 Å². The molecule has 5 atom stereocenters. The number of nitrogens with one attached hydrogen (secondary N) is 1. The summed E-state index contributed by atoms with van der Waals surface area (Å²) in [6.07, 6.45) is 1.78. The number of amides is 1. The Morgan fingerprint density at radius 2 is 1.82 bits per heavy atom. The van der Waals surface area contributed by atoms with Crippen molar-refractivity contribution >= 4 is 17.6 Å². The summed E-state index contributed by atoms with van der Waals surface area (Å²) in [6, 6.07) is 14.6. The zero-order valence-corrected chi connectivity index (χ0v) is 15.5. The fraction of sp³-hybridized carbons (Fsp3) is 0.364. The molecule has 144 valence electrons. The van der Waals surface area contributed by atoms with Gasteiger partial charge < -0.3 is 19.5 Å². The molecule has 2 saturated carbocycles. The second-order valence-corrected chi connectivity index (χ2v) is 7.69. The van der Waals surface area contributed by atoms with Crippen LogP contribution in [-0.2, 0) is 14.3 Å². The lowest BCUT2D eigenvalue weighted by Gasteiger charge is -2.23. The molecule has 6 nitrogen and oxygen atoms in total. The van der Waals surface area contributed by atoms with E-state index < -0.39 is 0 Å². The van der Waals surface area contributed by atoms with Crippen molar-refractivity contribution in [2.24, 2.45) is 23.7 Å². The number of rotatable bonds is 5. The molecule has 2 aliphatic carbocycles. The van der Waals surface area contributed by atoms with Crippen LogP contribution in [0.5, 0.6) is 17.2 Å². The van der Waals surface area contributed by atoms with E-state index in [1.165, 1.54) is 0 Å². The highest BCUT2D eigenvalue weighted by atomic mass is 16.6. The number of carbonyl (C=O) groups is 2. The molecule has 1 saturated heterocycles. The van der Waals surface area contributed by atoms with Crippen LogP contribution in [0, 0.1) is 23.7 Å². The molecule has 28 heavy (non-hydrogen) atoms. The third-order valence-corrected chi connectivity index (χ3v) is 6.20. The standard InChI is InChI=1S/C22H21NO5/c1-26-16-4-2-3-5-17(16)27-14-8-6-13(7-9-14)23-21(24)19-12-10-15-18(11-12)28-22(25)20(15)19/h2-9,12,15,18-20H,10-11H2,1H3,(H,23,24)/t12-,15-,18+,19+,20-/m0/s1. The molecule has 0 spiro atoms. The number of carbonyl (C=O) groups excluding carboxylic acids is 2. The van der Waals surface area contributed by atoms with E-state index in [4.69, 9.17) is 14.2 Å². The second kappa shape index (κ2) is 6.55. The lowest BCUT2D eigenvalue weighted by molar-refractivity contribution is -0.145. The van der Waals surface area contributed by atoms with Crippen molar-refractivity contribution < 1.29 is 23.8 Å². The van der Waals surface area contributed by atoms with Gasteiger partial charge in [-0.3, -0.25) is 9.59 Å². The van der Waals surface area contributed by atoms with Crippen molar-refractivity contribution in [3.8, 4) is 17.2 Å². The van der Waals surface area contributed by atoms with Gasteiger partial charge >= 0.3 is 5.97 Å². The molecule has 1 aliphatic heterocycles. The zero-order chi connectivity index (χ0) is 19.3. The Bertz CT molecular complexity index is 923. The Labute approximate surface area is 162 Å². The average Bonchev–Trinajstić information content (AvgIpc) is 3.32. The topological polar surface area (TPSA) is 73.9 Å². The number of fused-ring (bicyclic) bond motifs is 1. The van der Waals surface area contributed by atoms with Gasteiger partial charge in [0.05, 0.1) is 18.9 Å². The highest BCUT2D eigenvalue weighted by Gasteiger charge is 2.63. The second-order valence-electron chi connectivity index (χ2n) is 7.69. The van der Waals surface area contributed by atoms with Crippen LogP contribution in [0.15, 0.2) is 48.5 Å². The van der Waals surface area contributed by atoms with Crippen molar-refractivity contribution in [3.05, 3.63) is 48.5 Å². The summed E-state index contributed by atoms with van der Waals surface area (Å²) >= 11 is 0. The van der Waals surface area contributed by atoms with Crippen LogP contribution < -0.4 is 14.8 Å². The summed E-state index contributed by atoms with van der Waals surface area (Å²) in [5, 5.41) is 2.96. The maximum absolute atomic E-state index is 12.8. The summed E-state index contributed by atoms with van der Waals surface area (Å²) < 4.78 is 16.6. The van der Waals surface area contributed by atoms with Crippen LogP contribution in [0.4, 0.5) is 5.69 Å². The summed E-state index contributed by atoms with van der Waals surface area (Å²) in [7, 11) is 1.60. The molecule has 1 heterocycles. The van der Waals surface area contributed by atoms with Crippen molar-refractivity contribution in [1.82, 2.24) is 0 Å². The van der Waals surface area contributed by atoms with Crippen molar-refractivity contribution in [3.63, 3.8) is 0 Å². The Morgan fingerprint density at radius 3 is 2.57 bits per heavy atom. The predicted octanol–water partition coefficient (Wildman–Crippen LogP) is 3.62. The molecule has 6 heteroatoms. The summed E-state index contributed by atoms with van der Waals surface area (Å²) in [4.78, 5) is 24.9. The molecule has 3 fully saturated rings. The number of hydrogen-bond acceptors (Lipinski definition) is 5. The van der Waals surface area contributed by atoms with Crippen LogP contribution in [0.1, 0.15) is 12.8 Å². The molecular formula is C22H21NO5. The van der Waals surface area contributed by atoms with Gasteiger partial charge in [0.2, 0.25) is 5.91 Å². The van der Waals surface area contributed by atoms with Gasteiger partial charge in [-0.15, -0.1) is 0 Å². The fourth-order valence-electron chi connectivity index (χ4n) is 5.03. The van der Waals surface area contributed by atoms with Crippen molar-refractivity contribution in [2.75, 3.05) is 12.4 Å². The van der Waals surface area contributed by atoms with E-state index in [1.54, 1.807) is 31.4 Å². The number of anilines is 1. The van der Waals surface area contributed by atoms with Gasteiger partial charge in [-0.2, -0.15) is 0 Å². The normalized spacial score (nSPS) is 29.5. The van der Waals surface area contributed by atoms with E-state index in [-0.39, 0.29) is 41.7 Å². The minimum absolute atomic E-state index is 0.0398. The third-order valence-electron chi connectivity index (χ3n) is 6.20. The van der Waals surface area contributed by atoms with Gasteiger partial charge in [-0.05, 0) is 55.2 Å². The minimum atomic E-state index is -0.277. The van der Waals surface area contributed by atoms with Crippen LogP contribution in [-0.4, -0.2) is 25.1 Å². The number of hydrogen-bond donors (Lipinski definition) is 1. The van der Waals surface area contributed by atoms with E-state index in [1.807, 2.05) is 24.3 Å². The fourth-order valence-corrected chi connectivity index (χ4v) is 5.03. The first-order valence-electron chi connectivity index (χ1n) is 9.56. The third kappa shape index (κ3) is 2.71. The Kier molecular flexibility index (Phi) is 4.00. The van der Waals surface area contributed by atoms with E-state index in [0.717, 1.165) is 12.8 Å². The first kappa shape index (κ1) is 17.1. The van der Waals surface area contributed by atoms with Gasteiger partial charge in [-0.1, -0.05) is 12.1 Å². The molecule has 0 radical (unpaired) electrons. The lowest BCUT2D eigenvalue weighted by atomic mass is 9.79. The van der Waals surface area contributed by atoms with E-state index in [0.29, 0.717) is 22.9 Å². The summed E-state index contributed by atoms with van der Waals surface area (Å²) in [5.41, 5.74) is 0.683. The highest BCUT2D eigenvalue weighted by molar-refractivity contribution is 5.97. The summed E-state index contributed by atoms with van der Waals surface area (Å²) in [5.74, 6) is 1.56. The van der Waals surface area contributed by atoms with Crippen LogP contribution >= 0.6 is 0 Å². The first-order chi connectivity index (χ1) is 13.6. The molecule has 0 unspecified atom stereocenters. The molecule has 2 aromatic rings. The zero-order valence-electron chi connectivity index (χ0n) is 15.5. The highest BCUT2D eigenvalue weighted by Crippen LogP contribution is 2.57. The number of esters is 1. The Hall–Kier alpha value is -3.02. The molecule has 5 rings (SSSR count). The molecule has 1 amide bonds.